The van der Waals surface area contributed by atoms with Crippen molar-refractivity contribution in [3.05, 3.63) is 23.7 Å². The van der Waals surface area contributed by atoms with E-state index in [0.717, 1.165) is 0 Å². The van der Waals surface area contributed by atoms with Crippen LogP contribution < -0.4 is 11.2 Å². The van der Waals surface area contributed by atoms with Gasteiger partial charge in [-0.2, -0.15) is 0 Å². The van der Waals surface area contributed by atoms with E-state index in [4.69, 9.17) is 10.2 Å². The van der Waals surface area contributed by atoms with Crippen LogP contribution in [0.2, 0.25) is 0 Å². The topological polar surface area (TPSA) is 94.6 Å². The zero-order valence-electron chi connectivity index (χ0n) is 7.57. The average Bonchev–Trinajstić information content (AvgIpc) is 2.51. The molecule has 0 aliphatic heterocycles. The van der Waals surface area contributed by atoms with Gasteiger partial charge in [0.2, 0.25) is 5.91 Å². The summed E-state index contributed by atoms with van der Waals surface area (Å²) in [5.41, 5.74) is 6.79. The van der Waals surface area contributed by atoms with Crippen molar-refractivity contribution in [2.75, 3.05) is 6.61 Å². The van der Waals surface area contributed by atoms with Crippen LogP contribution in [0.15, 0.2) is 16.5 Å². The Morgan fingerprint density at radius 3 is 2.79 bits per heavy atom. The first-order valence-corrected chi connectivity index (χ1v) is 3.86. The van der Waals surface area contributed by atoms with E-state index < -0.39 is 11.8 Å². The van der Waals surface area contributed by atoms with Crippen molar-refractivity contribution in [3.63, 3.8) is 0 Å². The molecule has 0 aliphatic carbocycles. The fourth-order valence-corrected chi connectivity index (χ4v) is 0.780. The zero-order chi connectivity index (χ0) is 10.6. The predicted molar refractivity (Wildman–Crippen MR) is 46.1 cm³/mol. The van der Waals surface area contributed by atoms with Gasteiger partial charge in [-0.15, -0.1) is 0 Å². The minimum atomic E-state index is -0.666. The van der Waals surface area contributed by atoms with Crippen LogP contribution in [0.1, 0.15) is 16.3 Å². The van der Waals surface area contributed by atoms with Crippen molar-refractivity contribution in [2.45, 2.75) is 6.92 Å². The third-order valence-corrected chi connectivity index (χ3v) is 1.34. The Kier molecular flexibility index (Phi) is 3.24. The second-order valence-electron chi connectivity index (χ2n) is 2.60. The number of hydroxylamine groups is 1. The molecular weight excluding hydrogens is 188 g/mol. The van der Waals surface area contributed by atoms with Crippen LogP contribution in [0.4, 0.5) is 0 Å². The highest BCUT2D eigenvalue weighted by molar-refractivity contribution is 5.90. The number of hydrogen-bond acceptors (Lipinski definition) is 4. The first-order chi connectivity index (χ1) is 6.59. The van der Waals surface area contributed by atoms with E-state index in [2.05, 4.69) is 4.84 Å². The molecule has 0 unspecified atom stereocenters. The van der Waals surface area contributed by atoms with Crippen LogP contribution in [-0.2, 0) is 9.63 Å². The summed E-state index contributed by atoms with van der Waals surface area (Å²) in [6, 6.07) is 3.14. The predicted octanol–water partition coefficient (Wildman–Crippen LogP) is -0.265. The van der Waals surface area contributed by atoms with E-state index in [-0.39, 0.29) is 12.4 Å². The lowest BCUT2D eigenvalue weighted by Crippen LogP contribution is -2.29. The van der Waals surface area contributed by atoms with Gasteiger partial charge in [0, 0.05) is 0 Å². The third kappa shape index (κ3) is 2.91. The number of amides is 2. The Morgan fingerprint density at radius 2 is 2.29 bits per heavy atom. The van der Waals surface area contributed by atoms with Crippen molar-refractivity contribution in [3.8, 4) is 0 Å². The molecule has 0 saturated heterocycles. The van der Waals surface area contributed by atoms with E-state index in [9.17, 15) is 9.59 Å². The molecule has 3 N–H and O–H groups in total. The second kappa shape index (κ2) is 4.43. The number of aryl methyl sites for hydroxylation is 1. The van der Waals surface area contributed by atoms with Gasteiger partial charge in [0.15, 0.2) is 12.4 Å². The Labute approximate surface area is 80.0 Å². The molecule has 0 atom stereocenters. The van der Waals surface area contributed by atoms with E-state index in [1.807, 2.05) is 5.48 Å². The van der Waals surface area contributed by atoms with Gasteiger partial charge >= 0.3 is 5.91 Å². The van der Waals surface area contributed by atoms with Crippen molar-refractivity contribution >= 4 is 11.8 Å². The summed E-state index contributed by atoms with van der Waals surface area (Å²) in [6.07, 6.45) is 0. The van der Waals surface area contributed by atoms with Crippen LogP contribution in [-0.4, -0.2) is 18.4 Å². The molecule has 6 heteroatoms. The third-order valence-electron chi connectivity index (χ3n) is 1.34. The maximum absolute atomic E-state index is 11.2. The average molecular weight is 198 g/mol. The standard InChI is InChI=1S/C8H10N2O4/c1-5-2-3-6(14-5)8(12)10-13-4-7(9)11/h2-3H,4H2,1H3,(H2,9,11)(H,10,12). The molecule has 0 bridgehead atoms. The van der Waals surface area contributed by atoms with Crippen LogP contribution in [0.25, 0.3) is 0 Å². The second-order valence-corrected chi connectivity index (χ2v) is 2.60. The minimum Gasteiger partial charge on any atom is -0.456 e. The molecule has 0 radical (unpaired) electrons. The van der Waals surface area contributed by atoms with Gasteiger partial charge in [0.1, 0.15) is 5.76 Å². The van der Waals surface area contributed by atoms with Crippen LogP contribution >= 0.6 is 0 Å². The maximum Gasteiger partial charge on any atom is 0.310 e. The summed E-state index contributed by atoms with van der Waals surface area (Å²) in [4.78, 5) is 25.9. The first kappa shape index (κ1) is 10.3. The Hall–Kier alpha value is -1.82. The van der Waals surface area contributed by atoms with E-state index in [1.54, 1.807) is 13.0 Å². The lowest BCUT2D eigenvalue weighted by Gasteiger charge is -2.00. The van der Waals surface area contributed by atoms with Gasteiger partial charge in [0.05, 0.1) is 0 Å². The summed E-state index contributed by atoms with van der Waals surface area (Å²) >= 11 is 0. The number of hydrogen-bond donors (Lipinski definition) is 2. The van der Waals surface area contributed by atoms with Gasteiger partial charge < -0.3 is 10.2 Å². The molecule has 0 spiro atoms. The Morgan fingerprint density at radius 1 is 1.57 bits per heavy atom. The molecule has 0 aromatic carbocycles. The molecule has 1 heterocycles. The molecule has 0 saturated carbocycles. The molecule has 6 nitrogen and oxygen atoms in total. The van der Waals surface area contributed by atoms with Gasteiger partial charge in [-0.3, -0.25) is 14.4 Å². The monoisotopic (exact) mass is 198 g/mol. The SMILES string of the molecule is Cc1ccc(C(=O)NOCC(N)=O)o1. The summed E-state index contributed by atoms with van der Waals surface area (Å²) < 4.78 is 4.99. The molecule has 1 rings (SSSR count). The van der Waals surface area contributed by atoms with Gasteiger partial charge in [-0.1, -0.05) is 0 Å². The minimum absolute atomic E-state index is 0.118. The van der Waals surface area contributed by atoms with Gasteiger partial charge in [0.25, 0.3) is 0 Å². The van der Waals surface area contributed by atoms with Crippen LogP contribution in [0.3, 0.4) is 0 Å². The highest BCUT2D eigenvalue weighted by atomic mass is 16.7. The lowest BCUT2D eigenvalue weighted by molar-refractivity contribution is -0.124. The smallest absolute Gasteiger partial charge is 0.310 e. The van der Waals surface area contributed by atoms with Crippen molar-refractivity contribution in [1.82, 2.24) is 5.48 Å². The van der Waals surface area contributed by atoms with Crippen LogP contribution in [0, 0.1) is 6.92 Å². The molecular formula is C8H10N2O4. The summed E-state index contributed by atoms with van der Waals surface area (Å²) in [6.45, 7) is 1.34. The number of carbonyl (C=O) groups is 2. The largest absolute Gasteiger partial charge is 0.456 e. The van der Waals surface area contributed by atoms with E-state index >= 15 is 0 Å². The van der Waals surface area contributed by atoms with E-state index in [1.165, 1.54) is 6.07 Å². The normalized spacial score (nSPS) is 9.79. The molecule has 1 aromatic rings. The number of rotatable bonds is 4. The fourth-order valence-electron chi connectivity index (χ4n) is 0.780. The molecule has 76 valence electrons. The lowest BCUT2D eigenvalue weighted by atomic mass is 10.4. The first-order valence-electron chi connectivity index (χ1n) is 3.86. The number of primary amides is 1. The molecule has 0 aliphatic rings. The highest BCUT2D eigenvalue weighted by Gasteiger charge is 2.09. The zero-order valence-corrected chi connectivity index (χ0v) is 7.57. The molecule has 1 aromatic heterocycles. The maximum atomic E-state index is 11.2. The fraction of sp³-hybridized carbons (Fsp3) is 0.250. The van der Waals surface area contributed by atoms with Gasteiger partial charge in [-0.25, -0.2) is 5.48 Å². The molecule has 0 fully saturated rings. The van der Waals surface area contributed by atoms with E-state index in [0.29, 0.717) is 5.76 Å². The quantitative estimate of drug-likeness (QED) is 0.651. The van der Waals surface area contributed by atoms with Crippen molar-refractivity contribution in [2.24, 2.45) is 5.73 Å². The summed E-state index contributed by atoms with van der Waals surface area (Å²) in [5, 5.41) is 0. The summed E-state index contributed by atoms with van der Waals surface area (Å²) in [5.74, 6) is -0.489. The van der Waals surface area contributed by atoms with Crippen molar-refractivity contribution < 1.29 is 18.8 Å². The van der Waals surface area contributed by atoms with Crippen LogP contribution in [0.5, 0.6) is 0 Å². The Bertz CT molecular complexity index is 345. The van der Waals surface area contributed by atoms with Gasteiger partial charge in [-0.05, 0) is 19.1 Å². The molecule has 2 amide bonds. The number of furan rings is 1. The highest BCUT2D eigenvalue weighted by Crippen LogP contribution is 2.05. The number of carbonyl (C=O) groups excluding carboxylic acids is 2. The molecule has 14 heavy (non-hydrogen) atoms. The number of nitrogens with one attached hydrogen (secondary N) is 1. The van der Waals surface area contributed by atoms with Crippen molar-refractivity contribution in [1.29, 1.82) is 0 Å². The number of nitrogens with two attached hydrogens (primary N) is 1. The Balaban J connectivity index is 2.39. The summed E-state index contributed by atoms with van der Waals surface area (Å²) in [7, 11) is 0.